The van der Waals surface area contributed by atoms with E-state index in [2.05, 4.69) is 33.4 Å². The van der Waals surface area contributed by atoms with Crippen molar-refractivity contribution in [1.29, 1.82) is 0 Å². The number of aliphatic hydroxyl groups is 1. The lowest BCUT2D eigenvalue weighted by Gasteiger charge is -2.19. The van der Waals surface area contributed by atoms with Crippen molar-refractivity contribution in [2.24, 2.45) is 0 Å². The maximum absolute atomic E-state index is 14.9. The SMILES string of the molecule is Nc1nc(NC2CC2)c2ncn([C@@H]3O[C@H](COP(=O)(O)OP(=O)(O)OP(=O)(O)O)[C@@H](O)[C@@H]3F)c2n1. The molecule has 2 aliphatic rings. The monoisotopic (exact) mass is 564 g/mol. The van der Waals surface area contributed by atoms with Gasteiger partial charge < -0.3 is 40.5 Å². The summed E-state index contributed by atoms with van der Waals surface area (Å²) in [4.78, 5) is 48.0. The number of hydrogen-bond acceptors (Lipinski definition) is 13. The van der Waals surface area contributed by atoms with Crippen LogP contribution in [-0.2, 0) is 31.6 Å². The number of nitrogen functional groups attached to an aromatic ring is 1. The number of ether oxygens (including phenoxy) is 1. The summed E-state index contributed by atoms with van der Waals surface area (Å²) in [6, 6.07) is 0.190. The van der Waals surface area contributed by atoms with E-state index in [1.807, 2.05) is 0 Å². The first-order valence-electron chi connectivity index (χ1n) is 9.67. The van der Waals surface area contributed by atoms with E-state index in [-0.39, 0.29) is 23.2 Å². The van der Waals surface area contributed by atoms with Crippen LogP contribution in [0.25, 0.3) is 11.2 Å². The lowest BCUT2D eigenvalue weighted by Crippen LogP contribution is -2.31. The molecule has 2 fully saturated rings. The van der Waals surface area contributed by atoms with E-state index in [1.54, 1.807) is 0 Å². The Morgan fingerprint density at radius 2 is 1.86 bits per heavy atom. The molecule has 2 aromatic rings. The standard InChI is InChI=1S/C13H20FN6O12P3/c14-7-9(21)6(3-29-34(25,26)32-35(27,28)31-33(22,23)24)30-12(7)20-4-16-8-10(17-5-1-2-5)18-13(15)19-11(8)20/h4-7,9,12,21H,1-3H2,(H,25,26)(H,27,28)(H2,22,23,24)(H3,15,17,18,19)/t6-,7+,9-,12-/m1/s1. The number of aromatic nitrogens is 4. The fourth-order valence-electron chi connectivity index (χ4n) is 3.18. The number of rotatable bonds is 10. The highest BCUT2D eigenvalue weighted by Gasteiger charge is 2.48. The van der Waals surface area contributed by atoms with Crippen LogP contribution < -0.4 is 11.1 Å². The van der Waals surface area contributed by atoms with Crippen LogP contribution in [0.3, 0.4) is 0 Å². The van der Waals surface area contributed by atoms with Crippen LogP contribution in [0.2, 0.25) is 0 Å². The quantitative estimate of drug-likeness (QED) is 0.186. The number of phosphoric ester groups is 1. The first-order valence-corrected chi connectivity index (χ1v) is 14.2. The number of nitrogens with two attached hydrogens (primary N) is 1. The van der Waals surface area contributed by atoms with Crippen molar-refractivity contribution in [3.63, 3.8) is 0 Å². The predicted molar refractivity (Wildman–Crippen MR) is 111 cm³/mol. The van der Waals surface area contributed by atoms with Crippen molar-refractivity contribution >= 4 is 46.4 Å². The summed E-state index contributed by atoms with van der Waals surface area (Å²) < 4.78 is 66.9. The summed E-state index contributed by atoms with van der Waals surface area (Å²) in [5.41, 5.74) is 6.07. The van der Waals surface area contributed by atoms with Crippen molar-refractivity contribution in [1.82, 2.24) is 19.5 Å². The molecule has 1 aliphatic carbocycles. The molecule has 1 aliphatic heterocycles. The number of alkyl halides is 1. The number of imidazole rings is 1. The van der Waals surface area contributed by atoms with Crippen LogP contribution in [0.5, 0.6) is 0 Å². The van der Waals surface area contributed by atoms with Crippen molar-refractivity contribution in [3.05, 3.63) is 6.33 Å². The summed E-state index contributed by atoms with van der Waals surface area (Å²) in [5.74, 6) is 0.187. The fraction of sp³-hybridized carbons (Fsp3) is 0.615. The van der Waals surface area contributed by atoms with E-state index in [1.165, 1.54) is 6.33 Å². The molecule has 8 N–H and O–H groups in total. The molecule has 22 heteroatoms. The average molecular weight is 564 g/mol. The third-order valence-electron chi connectivity index (χ3n) is 4.74. The van der Waals surface area contributed by atoms with E-state index in [0.717, 1.165) is 17.4 Å². The van der Waals surface area contributed by atoms with Crippen LogP contribution in [0.4, 0.5) is 16.2 Å². The molecule has 1 saturated carbocycles. The second kappa shape index (κ2) is 9.37. The largest absolute Gasteiger partial charge is 0.490 e. The van der Waals surface area contributed by atoms with Gasteiger partial charge in [0, 0.05) is 6.04 Å². The van der Waals surface area contributed by atoms with Crippen molar-refractivity contribution in [2.45, 2.75) is 43.5 Å². The van der Waals surface area contributed by atoms with E-state index in [9.17, 15) is 33.0 Å². The maximum atomic E-state index is 14.9. The fourth-order valence-corrected chi connectivity index (χ4v) is 6.21. The summed E-state index contributed by atoms with van der Waals surface area (Å²) in [7, 11) is -16.8. The number of anilines is 2. The van der Waals surface area contributed by atoms with Gasteiger partial charge in [-0.1, -0.05) is 0 Å². The first-order chi connectivity index (χ1) is 16.1. The van der Waals surface area contributed by atoms with E-state index < -0.39 is 54.7 Å². The molecular formula is C13H20FN6O12P3. The average Bonchev–Trinajstić information content (AvgIpc) is 3.34. The van der Waals surface area contributed by atoms with Crippen LogP contribution >= 0.6 is 23.5 Å². The van der Waals surface area contributed by atoms with Gasteiger partial charge in [0.25, 0.3) is 0 Å². The second-order valence-electron chi connectivity index (χ2n) is 7.56. The Morgan fingerprint density at radius 3 is 2.49 bits per heavy atom. The molecule has 18 nitrogen and oxygen atoms in total. The predicted octanol–water partition coefficient (Wildman–Crippen LogP) is -0.0775. The van der Waals surface area contributed by atoms with Gasteiger partial charge >= 0.3 is 23.5 Å². The summed E-state index contributed by atoms with van der Waals surface area (Å²) in [5, 5.41) is 13.3. The minimum atomic E-state index is -5.74. The van der Waals surface area contributed by atoms with E-state index >= 15 is 0 Å². The van der Waals surface area contributed by atoms with Crippen LogP contribution in [-0.4, -0.2) is 75.2 Å². The normalized spacial score (nSPS) is 28.6. The molecule has 196 valence electrons. The Bertz CT molecular complexity index is 1250. The molecule has 2 aromatic heterocycles. The van der Waals surface area contributed by atoms with Crippen molar-refractivity contribution in [3.8, 4) is 0 Å². The summed E-state index contributed by atoms with van der Waals surface area (Å²) in [6.45, 7) is -1.04. The molecule has 3 heterocycles. The smallest absolute Gasteiger partial charge is 0.387 e. The number of aliphatic hydroxyl groups excluding tert-OH is 1. The van der Waals surface area contributed by atoms with Crippen molar-refractivity contribution < 1.29 is 60.6 Å². The first kappa shape index (κ1) is 26.5. The number of hydrogen-bond donors (Lipinski definition) is 7. The molecule has 6 atom stereocenters. The van der Waals surface area contributed by atoms with Crippen LogP contribution in [0, 0.1) is 0 Å². The molecule has 35 heavy (non-hydrogen) atoms. The zero-order valence-corrected chi connectivity index (χ0v) is 19.9. The van der Waals surface area contributed by atoms with Crippen LogP contribution in [0.15, 0.2) is 6.33 Å². The van der Waals surface area contributed by atoms with Gasteiger partial charge in [-0.2, -0.15) is 18.6 Å². The molecule has 0 aromatic carbocycles. The van der Waals surface area contributed by atoms with Gasteiger partial charge in [-0.25, -0.2) is 23.1 Å². The number of nitrogens with one attached hydrogen (secondary N) is 1. The Hall–Kier alpha value is -1.59. The van der Waals surface area contributed by atoms with E-state index in [4.69, 9.17) is 20.3 Å². The van der Waals surface area contributed by atoms with Crippen molar-refractivity contribution in [2.75, 3.05) is 17.7 Å². The number of nitrogens with zero attached hydrogens (tertiary/aromatic N) is 4. The molecular weight excluding hydrogens is 544 g/mol. The molecule has 0 bridgehead atoms. The maximum Gasteiger partial charge on any atom is 0.490 e. The Balaban J connectivity index is 1.47. The van der Waals surface area contributed by atoms with E-state index in [0.29, 0.717) is 5.82 Å². The zero-order valence-electron chi connectivity index (χ0n) is 17.3. The van der Waals surface area contributed by atoms with Gasteiger partial charge in [0.15, 0.2) is 29.4 Å². The Labute approximate surface area is 194 Å². The molecule has 1 saturated heterocycles. The lowest BCUT2D eigenvalue weighted by molar-refractivity contribution is -0.0450. The highest BCUT2D eigenvalue weighted by Crippen LogP contribution is 2.66. The molecule has 0 radical (unpaired) electrons. The highest BCUT2D eigenvalue weighted by atomic mass is 31.3. The summed E-state index contributed by atoms with van der Waals surface area (Å²) in [6.07, 6.45) is -4.13. The molecule has 2 unspecified atom stereocenters. The minimum absolute atomic E-state index is 0.0778. The minimum Gasteiger partial charge on any atom is -0.387 e. The third-order valence-corrected chi connectivity index (χ3v) is 8.55. The summed E-state index contributed by atoms with van der Waals surface area (Å²) >= 11 is 0. The Morgan fingerprint density at radius 1 is 1.17 bits per heavy atom. The van der Waals surface area contributed by atoms with Gasteiger partial charge in [-0.05, 0) is 12.8 Å². The lowest BCUT2D eigenvalue weighted by atomic mass is 10.1. The van der Waals surface area contributed by atoms with Gasteiger partial charge in [0.05, 0.1) is 12.9 Å². The van der Waals surface area contributed by atoms with Gasteiger partial charge in [-0.3, -0.25) is 9.09 Å². The zero-order chi connectivity index (χ0) is 25.8. The van der Waals surface area contributed by atoms with Gasteiger partial charge in [0.2, 0.25) is 5.95 Å². The number of phosphoric acid groups is 3. The van der Waals surface area contributed by atoms with Crippen LogP contribution in [0.1, 0.15) is 19.1 Å². The number of halogens is 1. The molecule has 0 amide bonds. The number of fused-ring (bicyclic) bond motifs is 1. The third kappa shape index (κ3) is 6.40. The second-order valence-corrected chi connectivity index (χ2v) is 12.0. The van der Waals surface area contributed by atoms with Gasteiger partial charge in [0.1, 0.15) is 12.2 Å². The molecule has 4 rings (SSSR count). The topological polar surface area (TPSA) is 271 Å². The highest BCUT2D eigenvalue weighted by molar-refractivity contribution is 7.66. The Kier molecular flexibility index (Phi) is 7.09. The molecule has 0 spiro atoms. The van der Waals surface area contributed by atoms with Gasteiger partial charge in [-0.15, -0.1) is 0 Å².